The van der Waals surface area contributed by atoms with Crippen LogP contribution in [-0.2, 0) is 36.7 Å². The second-order valence-electron chi connectivity index (χ2n) is 10.2. The molecule has 45 heavy (non-hydrogen) atoms. The Kier molecular flexibility index (Phi) is 7.18. The van der Waals surface area contributed by atoms with Gasteiger partial charge in [-0.3, -0.25) is 42.3 Å². The highest BCUT2D eigenvalue weighted by Gasteiger charge is 2.51. The lowest BCUT2D eigenvalue weighted by Gasteiger charge is -2.31. The Morgan fingerprint density at radius 1 is 0.889 bits per heavy atom. The van der Waals surface area contributed by atoms with Gasteiger partial charge in [0.1, 0.15) is 30.6 Å². The minimum atomic E-state index is -5.15. The van der Waals surface area contributed by atoms with Gasteiger partial charge >= 0.3 is 7.82 Å². The standard InChI is InChI=1S/C20H24N10O13P2/c21-19-25-14-10(16(32)27-19)23-4-29(14)9-1-6-7(40-9)2-38-45(36,37)43-13-8(3-39-44(34,35)42-6)41-18(12(13)31)30-5-24-11-15(30)26-20(22)28-17(11)33/h4-9,12-13,18,31H,1-3H2,(H,34,35)(H,36,37)(H3,21,25,27,32)(H3,22,26,28,33)/p-1/t6-,7+,8+,9+,12+,13+,18+/m0/s1. The Bertz CT molecular complexity index is 2010. The zero-order valence-electron chi connectivity index (χ0n) is 22.4. The van der Waals surface area contributed by atoms with E-state index in [1.165, 1.54) is 10.9 Å². The van der Waals surface area contributed by atoms with Crippen LogP contribution in [0.3, 0.4) is 0 Å². The van der Waals surface area contributed by atoms with Crippen molar-refractivity contribution in [3.63, 3.8) is 0 Å². The molecule has 25 heteroatoms. The van der Waals surface area contributed by atoms with E-state index in [-0.39, 0.29) is 40.6 Å². The summed E-state index contributed by atoms with van der Waals surface area (Å²) in [7, 11) is -10.2. The molecule has 7 rings (SSSR count). The number of phosphoric acid groups is 2. The smallest absolute Gasteiger partial charge is 0.472 e. The highest BCUT2D eigenvalue weighted by Crippen LogP contribution is 2.52. The van der Waals surface area contributed by atoms with Gasteiger partial charge < -0.3 is 44.9 Å². The van der Waals surface area contributed by atoms with Gasteiger partial charge in [0.15, 0.2) is 28.6 Å². The number of hydrogen-bond acceptors (Lipinski definition) is 18. The lowest BCUT2D eigenvalue weighted by molar-refractivity contribution is -0.234. The molecule has 4 aromatic rings. The van der Waals surface area contributed by atoms with Crippen LogP contribution in [0.2, 0.25) is 0 Å². The van der Waals surface area contributed by atoms with Crippen LogP contribution in [-0.4, -0.2) is 92.8 Å². The molecule has 2 unspecified atom stereocenters. The van der Waals surface area contributed by atoms with Gasteiger partial charge in [0, 0.05) is 6.42 Å². The molecular formula is C20H23N10O13P2-. The first-order valence-electron chi connectivity index (χ1n) is 13.0. The molecule has 3 fully saturated rings. The summed E-state index contributed by atoms with van der Waals surface area (Å²) in [5, 5.41) is 11.1. The van der Waals surface area contributed by atoms with Crippen molar-refractivity contribution < 1.29 is 51.6 Å². The van der Waals surface area contributed by atoms with Gasteiger partial charge in [-0.15, -0.1) is 0 Å². The summed E-state index contributed by atoms with van der Waals surface area (Å²) in [5.74, 6) is -0.475. The Morgan fingerprint density at radius 2 is 1.49 bits per heavy atom. The Morgan fingerprint density at radius 3 is 2.16 bits per heavy atom. The van der Waals surface area contributed by atoms with Crippen LogP contribution in [0.5, 0.6) is 0 Å². The lowest BCUT2D eigenvalue weighted by Crippen LogP contribution is -2.38. The van der Waals surface area contributed by atoms with Crippen molar-refractivity contribution in [2.24, 2.45) is 0 Å². The number of nitrogens with two attached hydrogens (primary N) is 2. The number of nitrogens with zero attached hydrogens (tertiary/aromatic N) is 6. The molecule has 3 aliphatic heterocycles. The Labute approximate surface area is 248 Å². The summed E-state index contributed by atoms with van der Waals surface area (Å²) in [6.45, 7) is -1.57. The van der Waals surface area contributed by atoms with Crippen molar-refractivity contribution in [3.8, 4) is 0 Å². The van der Waals surface area contributed by atoms with Crippen molar-refractivity contribution in [1.29, 1.82) is 0 Å². The molecule has 9 atom stereocenters. The SMILES string of the molecule is Nc1nc2c(ncn2[C@@H]2O[C@@H]3COP(=O)([O-])O[C@H]4C[C@H](n5cnc6c(=O)[nH]c(N)nc65)O[C@@H]4COP(=O)(O)O[C@H]3[C@H]2O)c(=O)[nH]1. The summed E-state index contributed by atoms with van der Waals surface area (Å²) in [6, 6.07) is 0. The number of anilines is 2. The molecular weight excluding hydrogens is 650 g/mol. The van der Waals surface area contributed by atoms with E-state index in [0.29, 0.717) is 0 Å². The first-order chi connectivity index (χ1) is 21.3. The minimum Gasteiger partial charge on any atom is -0.756 e. The average Bonchev–Trinajstić information content (AvgIpc) is 3.71. The first kappa shape index (κ1) is 30.1. The number of hydrogen-bond donors (Lipinski definition) is 6. The van der Waals surface area contributed by atoms with Crippen LogP contribution < -0.4 is 27.5 Å². The quantitative estimate of drug-likeness (QED) is 0.118. The van der Waals surface area contributed by atoms with E-state index in [0.717, 1.165) is 10.9 Å². The number of nitrogen functional groups attached to an aromatic ring is 2. The van der Waals surface area contributed by atoms with Crippen molar-refractivity contribution in [1.82, 2.24) is 39.0 Å². The zero-order chi connectivity index (χ0) is 31.8. The maximum absolute atomic E-state index is 13.0. The van der Waals surface area contributed by atoms with Crippen LogP contribution in [0, 0.1) is 0 Å². The van der Waals surface area contributed by atoms with Crippen molar-refractivity contribution >= 4 is 49.9 Å². The maximum atomic E-state index is 13.0. The third-order valence-electron chi connectivity index (χ3n) is 7.29. The number of aliphatic hydroxyl groups is 1. The molecule has 3 aliphatic rings. The number of nitrogens with one attached hydrogen (secondary N) is 2. The van der Waals surface area contributed by atoms with E-state index in [1.807, 2.05) is 0 Å². The summed E-state index contributed by atoms with van der Waals surface area (Å²) < 4.78 is 60.7. The molecule has 0 spiro atoms. The molecule has 0 aromatic carbocycles. The third kappa shape index (κ3) is 5.47. The summed E-state index contributed by atoms with van der Waals surface area (Å²) in [4.78, 5) is 68.4. The second-order valence-corrected chi connectivity index (χ2v) is 13.0. The molecule has 0 radical (unpaired) electrons. The van der Waals surface area contributed by atoms with E-state index in [1.54, 1.807) is 0 Å². The van der Waals surface area contributed by atoms with E-state index >= 15 is 0 Å². The number of fused-ring (bicyclic) bond motifs is 4. The van der Waals surface area contributed by atoms with Crippen LogP contribution in [0.15, 0.2) is 22.2 Å². The third-order valence-corrected chi connectivity index (χ3v) is 9.27. The normalized spacial score (nSPS) is 36.0. The summed E-state index contributed by atoms with van der Waals surface area (Å²) in [6.07, 6.45) is -7.93. The van der Waals surface area contributed by atoms with E-state index < -0.39 is 83.0 Å². The highest BCUT2D eigenvalue weighted by atomic mass is 31.2. The van der Waals surface area contributed by atoms with E-state index in [4.69, 9.17) is 39.0 Å². The molecule has 0 aliphatic carbocycles. The number of rotatable bonds is 2. The monoisotopic (exact) mass is 673 g/mol. The van der Waals surface area contributed by atoms with Gasteiger partial charge in [-0.1, -0.05) is 0 Å². The lowest BCUT2D eigenvalue weighted by atomic mass is 10.1. The van der Waals surface area contributed by atoms with E-state index in [9.17, 15) is 33.6 Å². The molecule has 0 amide bonds. The fraction of sp³-hybridized carbons (Fsp3) is 0.500. The number of aliphatic hydroxyl groups excluding tert-OH is 1. The van der Waals surface area contributed by atoms with Gasteiger partial charge in [-0.05, 0) is 0 Å². The maximum Gasteiger partial charge on any atom is 0.472 e. The summed E-state index contributed by atoms with van der Waals surface area (Å²) >= 11 is 0. The predicted octanol–water partition coefficient (Wildman–Crippen LogP) is -2.65. The number of aromatic amines is 2. The number of H-pyrrole nitrogens is 2. The van der Waals surface area contributed by atoms with Crippen LogP contribution in [0.25, 0.3) is 22.3 Å². The predicted molar refractivity (Wildman–Crippen MR) is 143 cm³/mol. The Hall–Kier alpha value is -3.60. The molecule has 242 valence electrons. The van der Waals surface area contributed by atoms with Crippen molar-refractivity contribution in [2.75, 3.05) is 24.7 Å². The fourth-order valence-corrected chi connectivity index (χ4v) is 7.25. The van der Waals surface area contributed by atoms with Crippen LogP contribution >= 0.6 is 15.6 Å². The van der Waals surface area contributed by atoms with E-state index in [2.05, 4.69) is 29.9 Å². The highest BCUT2D eigenvalue weighted by molar-refractivity contribution is 7.47. The first-order valence-corrected chi connectivity index (χ1v) is 16.0. The minimum absolute atomic E-state index is 0.0267. The van der Waals surface area contributed by atoms with Gasteiger partial charge in [0.25, 0.3) is 18.9 Å². The topological polar surface area (TPSA) is 332 Å². The van der Waals surface area contributed by atoms with Gasteiger partial charge in [-0.25, -0.2) is 14.5 Å². The molecule has 0 bridgehead atoms. The van der Waals surface area contributed by atoms with Gasteiger partial charge in [-0.2, -0.15) is 9.97 Å². The van der Waals surface area contributed by atoms with Crippen LogP contribution in [0.1, 0.15) is 18.9 Å². The molecule has 7 heterocycles. The zero-order valence-corrected chi connectivity index (χ0v) is 24.2. The second kappa shape index (κ2) is 10.7. The molecule has 4 aromatic heterocycles. The molecule has 0 saturated carbocycles. The summed E-state index contributed by atoms with van der Waals surface area (Å²) in [5.41, 5.74) is 9.66. The van der Waals surface area contributed by atoms with Crippen molar-refractivity contribution in [2.45, 2.75) is 49.4 Å². The Balaban J connectivity index is 1.16. The fourth-order valence-electron chi connectivity index (χ4n) is 5.34. The average molecular weight is 673 g/mol. The largest absolute Gasteiger partial charge is 0.756 e. The van der Waals surface area contributed by atoms with Crippen molar-refractivity contribution in [3.05, 3.63) is 33.4 Å². The number of ether oxygens (including phenoxy) is 2. The molecule has 8 N–H and O–H groups in total. The molecule has 3 saturated heterocycles. The van der Waals surface area contributed by atoms with Gasteiger partial charge in [0.2, 0.25) is 11.9 Å². The number of aromatic nitrogens is 8. The van der Waals surface area contributed by atoms with Crippen LogP contribution in [0.4, 0.5) is 11.9 Å². The number of imidazole rings is 2. The number of phosphoric ester groups is 2. The molecule has 23 nitrogen and oxygen atoms in total. The van der Waals surface area contributed by atoms with Gasteiger partial charge in [0.05, 0.1) is 32.0 Å².